The second-order valence-electron chi connectivity index (χ2n) is 3.30. The molecular formula is C9H10N6O2. The van der Waals surface area contributed by atoms with Crippen LogP contribution in [-0.4, -0.2) is 31.7 Å². The summed E-state index contributed by atoms with van der Waals surface area (Å²) >= 11 is 0. The van der Waals surface area contributed by atoms with E-state index in [9.17, 15) is 10.1 Å². The average Bonchev–Trinajstić information content (AvgIpc) is 2.78. The molecule has 0 amide bonds. The van der Waals surface area contributed by atoms with E-state index in [1.807, 2.05) is 12.1 Å². The van der Waals surface area contributed by atoms with Gasteiger partial charge in [0.05, 0.1) is 6.54 Å². The minimum atomic E-state index is -0.623. The van der Waals surface area contributed by atoms with Crippen molar-refractivity contribution in [2.45, 2.75) is 6.54 Å². The molecular weight excluding hydrogens is 224 g/mol. The summed E-state index contributed by atoms with van der Waals surface area (Å²) in [6, 6.07) is 3.65. The van der Waals surface area contributed by atoms with Gasteiger partial charge in [0, 0.05) is 18.3 Å². The molecule has 0 saturated heterocycles. The Morgan fingerprint density at radius 2 is 2.35 bits per heavy atom. The van der Waals surface area contributed by atoms with Crippen LogP contribution in [-0.2, 0) is 6.54 Å². The summed E-state index contributed by atoms with van der Waals surface area (Å²) in [5, 5.41) is 17.1. The molecule has 0 radical (unpaired) electrons. The van der Waals surface area contributed by atoms with Gasteiger partial charge in [-0.1, -0.05) is 4.98 Å². The van der Waals surface area contributed by atoms with Gasteiger partial charge in [0.25, 0.3) is 0 Å². The molecule has 2 rings (SSSR count). The Kier molecular flexibility index (Phi) is 2.95. The molecule has 1 N–H and O–H groups in total. The van der Waals surface area contributed by atoms with E-state index < -0.39 is 10.9 Å². The van der Waals surface area contributed by atoms with Gasteiger partial charge in [-0.05, 0) is 22.6 Å². The first kappa shape index (κ1) is 11.0. The summed E-state index contributed by atoms with van der Waals surface area (Å²) in [7, 11) is 1.77. The fourth-order valence-electron chi connectivity index (χ4n) is 1.34. The zero-order valence-corrected chi connectivity index (χ0v) is 9.07. The van der Waals surface area contributed by atoms with Crippen LogP contribution in [0.3, 0.4) is 0 Å². The van der Waals surface area contributed by atoms with Crippen molar-refractivity contribution in [1.29, 1.82) is 0 Å². The molecule has 0 aliphatic rings. The molecule has 0 unspecified atom stereocenters. The molecule has 0 aliphatic heterocycles. The van der Waals surface area contributed by atoms with Gasteiger partial charge >= 0.3 is 5.95 Å². The van der Waals surface area contributed by atoms with Gasteiger partial charge < -0.3 is 15.4 Å². The van der Waals surface area contributed by atoms with Crippen molar-refractivity contribution >= 4 is 11.8 Å². The number of pyridine rings is 1. The maximum atomic E-state index is 10.4. The minimum Gasteiger partial charge on any atom is -0.390 e. The first-order valence-electron chi connectivity index (χ1n) is 4.85. The van der Waals surface area contributed by atoms with E-state index in [1.54, 1.807) is 13.2 Å². The molecule has 2 heterocycles. The molecule has 8 heteroatoms. The van der Waals surface area contributed by atoms with Crippen LogP contribution in [0.15, 0.2) is 24.7 Å². The lowest BCUT2D eigenvalue weighted by Gasteiger charge is -2.01. The van der Waals surface area contributed by atoms with Crippen LogP contribution in [0.4, 0.5) is 11.8 Å². The van der Waals surface area contributed by atoms with E-state index >= 15 is 0 Å². The summed E-state index contributed by atoms with van der Waals surface area (Å²) in [6.45, 7) is 0.415. The number of nitro groups is 1. The van der Waals surface area contributed by atoms with Crippen LogP contribution in [0.2, 0.25) is 0 Å². The molecule has 0 aromatic carbocycles. The molecule has 2 aromatic rings. The zero-order chi connectivity index (χ0) is 12.3. The van der Waals surface area contributed by atoms with Crippen molar-refractivity contribution in [1.82, 2.24) is 19.7 Å². The van der Waals surface area contributed by atoms with Gasteiger partial charge in [-0.3, -0.25) is 0 Å². The molecule has 0 bridgehead atoms. The van der Waals surface area contributed by atoms with E-state index in [4.69, 9.17) is 0 Å². The van der Waals surface area contributed by atoms with E-state index in [0.717, 1.165) is 11.4 Å². The predicted octanol–water partition coefficient (Wildman–Crippen LogP) is 0.671. The minimum absolute atomic E-state index is 0.395. The maximum absolute atomic E-state index is 10.4. The van der Waals surface area contributed by atoms with Crippen LogP contribution >= 0.6 is 0 Å². The fraction of sp³-hybridized carbons (Fsp3) is 0.222. The number of aromatic nitrogens is 4. The summed E-state index contributed by atoms with van der Waals surface area (Å²) in [4.78, 5) is 17.4. The van der Waals surface area contributed by atoms with Crippen molar-refractivity contribution in [2.75, 3.05) is 12.4 Å². The van der Waals surface area contributed by atoms with Crippen LogP contribution in [0.5, 0.6) is 0 Å². The third kappa shape index (κ3) is 2.54. The molecule has 8 nitrogen and oxygen atoms in total. The Labute approximate surface area is 96.5 Å². The Hall–Kier alpha value is -2.51. The lowest BCUT2D eigenvalue weighted by molar-refractivity contribution is -0.394. The number of rotatable bonds is 4. The lowest BCUT2D eigenvalue weighted by atomic mass is 10.2. The highest BCUT2D eigenvalue weighted by Gasteiger charge is 2.13. The van der Waals surface area contributed by atoms with Gasteiger partial charge in [-0.2, -0.15) is 4.68 Å². The first-order valence-corrected chi connectivity index (χ1v) is 4.85. The maximum Gasteiger partial charge on any atom is 0.490 e. The summed E-state index contributed by atoms with van der Waals surface area (Å²) in [5.41, 5.74) is 0.934. The fourth-order valence-corrected chi connectivity index (χ4v) is 1.34. The van der Waals surface area contributed by atoms with Gasteiger partial charge in [-0.15, -0.1) is 0 Å². The highest BCUT2D eigenvalue weighted by molar-refractivity contribution is 5.36. The standard InChI is InChI=1S/C9H10N6O2/c1-10-8-4-7(2-3-11-8)5-14-6-12-9(13-14)15(16)17/h2-4,6H,5H2,1H3,(H,10,11). The second-order valence-corrected chi connectivity index (χ2v) is 3.30. The van der Waals surface area contributed by atoms with E-state index in [2.05, 4.69) is 20.4 Å². The van der Waals surface area contributed by atoms with Gasteiger partial charge in [-0.25, -0.2) is 4.98 Å². The molecule has 88 valence electrons. The SMILES string of the molecule is CNc1cc(Cn2cnc([N+](=O)[O-])n2)ccn1. The largest absolute Gasteiger partial charge is 0.490 e. The van der Waals surface area contributed by atoms with Crippen LogP contribution < -0.4 is 5.32 Å². The second kappa shape index (κ2) is 4.56. The normalized spacial score (nSPS) is 10.2. The smallest absolute Gasteiger partial charge is 0.390 e. The van der Waals surface area contributed by atoms with Crippen LogP contribution in [0.1, 0.15) is 5.56 Å². The molecule has 0 aliphatic carbocycles. The molecule has 0 saturated carbocycles. The lowest BCUT2D eigenvalue weighted by Crippen LogP contribution is -2.02. The van der Waals surface area contributed by atoms with Crippen molar-refractivity contribution in [3.63, 3.8) is 0 Å². The summed E-state index contributed by atoms with van der Waals surface area (Å²) < 4.78 is 1.41. The van der Waals surface area contributed by atoms with E-state index in [-0.39, 0.29) is 0 Å². The van der Waals surface area contributed by atoms with Crippen molar-refractivity contribution in [2.24, 2.45) is 0 Å². The van der Waals surface area contributed by atoms with Crippen molar-refractivity contribution < 1.29 is 4.92 Å². The third-order valence-corrected chi connectivity index (χ3v) is 2.11. The number of nitrogens with zero attached hydrogens (tertiary/aromatic N) is 5. The van der Waals surface area contributed by atoms with E-state index in [0.29, 0.717) is 6.54 Å². The van der Waals surface area contributed by atoms with E-state index in [1.165, 1.54) is 11.0 Å². The van der Waals surface area contributed by atoms with Crippen LogP contribution in [0.25, 0.3) is 0 Å². The van der Waals surface area contributed by atoms with Crippen molar-refractivity contribution in [3.05, 3.63) is 40.3 Å². The highest BCUT2D eigenvalue weighted by Crippen LogP contribution is 2.08. The Morgan fingerprint density at radius 1 is 1.53 bits per heavy atom. The summed E-state index contributed by atoms with van der Waals surface area (Å²) in [6.07, 6.45) is 2.99. The Balaban J connectivity index is 2.16. The monoisotopic (exact) mass is 234 g/mol. The number of anilines is 1. The van der Waals surface area contributed by atoms with Crippen LogP contribution in [0, 0.1) is 10.1 Å². The van der Waals surface area contributed by atoms with Gasteiger partial charge in [0.1, 0.15) is 5.82 Å². The van der Waals surface area contributed by atoms with Crippen molar-refractivity contribution in [3.8, 4) is 0 Å². The molecule has 17 heavy (non-hydrogen) atoms. The number of hydrogen-bond acceptors (Lipinski definition) is 6. The summed E-state index contributed by atoms with van der Waals surface area (Å²) in [5.74, 6) is 0.338. The topological polar surface area (TPSA) is 98.8 Å². The molecule has 0 fully saturated rings. The van der Waals surface area contributed by atoms with Gasteiger partial charge in [0.15, 0.2) is 0 Å². The zero-order valence-electron chi connectivity index (χ0n) is 9.07. The first-order chi connectivity index (χ1) is 8.19. The Morgan fingerprint density at radius 3 is 3.00 bits per heavy atom. The third-order valence-electron chi connectivity index (χ3n) is 2.11. The number of hydrogen-bond donors (Lipinski definition) is 1. The van der Waals surface area contributed by atoms with Gasteiger partial charge in [0.2, 0.25) is 6.33 Å². The molecule has 0 spiro atoms. The molecule has 0 atom stereocenters. The highest BCUT2D eigenvalue weighted by atomic mass is 16.6. The Bertz CT molecular complexity index is 538. The predicted molar refractivity (Wildman–Crippen MR) is 59.6 cm³/mol. The quantitative estimate of drug-likeness (QED) is 0.616. The molecule has 2 aromatic heterocycles. The number of nitrogens with one attached hydrogen (secondary N) is 1. The average molecular weight is 234 g/mol.